The third-order valence-electron chi connectivity index (χ3n) is 4.35. The van der Waals surface area contributed by atoms with Crippen LogP contribution < -0.4 is 4.72 Å². The van der Waals surface area contributed by atoms with Crippen molar-refractivity contribution in [2.45, 2.75) is 51.0 Å². The van der Waals surface area contributed by atoms with E-state index in [0.29, 0.717) is 4.90 Å². The van der Waals surface area contributed by atoms with Crippen molar-refractivity contribution in [3.63, 3.8) is 0 Å². The smallest absolute Gasteiger partial charge is 0.207 e. The zero-order chi connectivity index (χ0) is 16.7. The molecule has 0 saturated heterocycles. The zero-order valence-corrected chi connectivity index (χ0v) is 15.4. The van der Waals surface area contributed by atoms with Gasteiger partial charge in [0.1, 0.15) is 0 Å². The lowest BCUT2D eigenvalue weighted by atomic mass is 9.86. The maximum atomic E-state index is 12.9. The molecule has 0 radical (unpaired) electrons. The van der Waals surface area contributed by atoms with E-state index in [4.69, 9.17) is 0 Å². The molecule has 0 fully saturated rings. The highest BCUT2D eigenvalue weighted by Crippen LogP contribution is 2.36. The lowest BCUT2D eigenvalue weighted by Crippen LogP contribution is -2.36. The van der Waals surface area contributed by atoms with Crippen LogP contribution in [0.15, 0.2) is 40.6 Å². The van der Waals surface area contributed by atoms with Crippen LogP contribution in [-0.2, 0) is 22.9 Å². The average molecular weight is 350 g/mol. The number of fused-ring (bicyclic) bond motifs is 1. The summed E-state index contributed by atoms with van der Waals surface area (Å²) in [5.41, 5.74) is 2.26. The van der Waals surface area contributed by atoms with Gasteiger partial charge in [0, 0.05) is 4.88 Å². The summed E-state index contributed by atoms with van der Waals surface area (Å²) in [7, 11) is -3.53. The summed E-state index contributed by atoms with van der Waals surface area (Å²) in [5.74, 6) is 0. The van der Waals surface area contributed by atoms with Crippen molar-refractivity contribution in [1.82, 2.24) is 4.72 Å². The number of thiophene rings is 1. The van der Waals surface area contributed by atoms with Crippen LogP contribution in [0.4, 0.5) is 0 Å². The summed E-state index contributed by atoms with van der Waals surface area (Å²) >= 11 is 1.59. The van der Waals surface area contributed by atoms with Crippen LogP contribution in [0.5, 0.6) is 0 Å². The normalized spacial score (nSPS) is 16.3. The minimum absolute atomic E-state index is 0.200. The van der Waals surface area contributed by atoms with Gasteiger partial charge in [-0.1, -0.05) is 32.9 Å². The average Bonchev–Trinajstić information content (AvgIpc) is 3.14. The molecular weight excluding hydrogens is 326 g/mol. The van der Waals surface area contributed by atoms with E-state index in [1.165, 1.54) is 11.1 Å². The minimum atomic E-state index is -3.53. The quantitative estimate of drug-likeness (QED) is 0.894. The molecule has 0 bridgehead atoms. The Kier molecular flexibility index (Phi) is 4.38. The van der Waals surface area contributed by atoms with Crippen molar-refractivity contribution >= 4 is 21.4 Å². The van der Waals surface area contributed by atoms with Crippen molar-refractivity contribution in [1.29, 1.82) is 0 Å². The van der Waals surface area contributed by atoms with Crippen molar-refractivity contribution in [2.75, 3.05) is 0 Å². The lowest BCUT2D eigenvalue weighted by Gasteiger charge is -2.30. The highest BCUT2D eigenvalue weighted by Gasteiger charge is 2.32. The fourth-order valence-electron chi connectivity index (χ4n) is 3.06. The molecule has 124 valence electrons. The molecule has 1 heterocycles. The zero-order valence-electron chi connectivity index (χ0n) is 13.8. The van der Waals surface area contributed by atoms with E-state index in [-0.39, 0.29) is 11.5 Å². The first-order chi connectivity index (χ1) is 10.8. The number of nitrogens with one attached hydrogen (secondary N) is 1. The summed E-state index contributed by atoms with van der Waals surface area (Å²) in [6.45, 7) is 6.17. The van der Waals surface area contributed by atoms with E-state index in [1.807, 2.05) is 29.6 Å². The van der Waals surface area contributed by atoms with Gasteiger partial charge in [0.05, 0.1) is 10.9 Å². The van der Waals surface area contributed by atoms with Crippen LogP contribution in [-0.4, -0.2) is 8.42 Å². The number of benzene rings is 1. The third kappa shape index (κ3) is 3.52. The Morgan fingerprint density at radius 3 is 2.52 bits per heavy atom. The second kappa shape index (κ2) is 6.04. The van der Waals surface area contributed by atoms with Crippen molar-refractivity contribution in [3.8, 4) is 0 Å². The first-order valence-electron chi connectivity index (χ1n) is 7.95. The molecule has 1 atom stereocenters. The molecule has 1 aliphatic carbocycles. The molecule has 0 amide bonds. The predicted octanol–water partition coefficient (Wildman–Crippen LogP) is 4.30. The molecule has 0 unspecified atom stereocenters. The van der Waals surface area contributed by atoms with E-state index >= 15 is 0 Å². The second-order valence-corrected chi connectivity index (χ2v) is 9.91. The van der Waals surface area contributed by atoms with Gasteiger partial charge in [-0.15, -0.1) is 11.3 Å². The van der Waals surface area contributed by atoms with Gasteiger partial charge in [0.2, 0.25) is 10.0 Å². The highest BCUT2D eigenvalue weighted by molar-refractivity contribution is 7.89. The van der Waals surface area contributed by atoms with Gasteiger partial charge < -0.3 is 0 Å². The van der Waals surface area contributed by atoms with Crippen LogP contribution in [0.25, 0.3) is 0 Å². The van der Waals surface area contributed by atoms with Crippen LogP contribution in [0.3, 0.4) is 0 Å². The molecule has 2 aromatic rings. The van der Waals surface area contributed by atoms with Crippen molar-refractivity contribution < 1.29 is 8.42 Å². The molecule has 1 aromatic carbocycles. The van der Waals surface area contributed by atoms with Gasteiger partial charge in [-0.05, 0) is 59.4 Å². The third-order valence-corrected chi connectivity index (χ3v) is 6.70. The Morgan fingerprint density at radius 1 is 1.13 bits per heavy atom. The molecular formula is C18H23NO2S2. The van der Waals surface area contributed by atoms with Gasteiger partial charge in [-0.25, -0.2) is 13.1 Å². The fourth-order valence-corrected chi connectivity index (χ4v) is 5.62. The SMILES string of the molecule is CC(C)(C)[C@@H](NS(=O)(=O)c1ccc2c(c1)CCC2)c1cccs1. The molecule has 1 aromatic heterocycles. The number of rotatable bonds is 4. The topological polar surface area (TPSA) is 46.2 Å². The summed E-state index contributed by atoms with van der Waals surface area (Å²) < 4.78 is 28.7. The molecule has 0 spiro atoms. The number of hydrogen-bond acceptors (Lipinski definition) is 3. The molecule has 3 nitrogen and oxygen atoms in total. The molecule has 1 N–H and O–H groups in total. The first-order valence-corrected chi connectivity index (χ1v) is 10.3. The van der Waals surface area contributed by atoms with E-state index in [2.05, 4.69) is 25.5 Å². The Bertz CT molecular complexity index is 787. The molecule has 3 rings (SSSR count). The van der Waals surface area contributed by atoms with Crippen LogP contribution in [0, 0.1) is 5.41 Å². The van der Waals surface area contributed by atoms with Crippen LogP contribution in [0.1, 0.15) is 49.2 Å². The largest absolute Gasteiger partial charge is 0.241 e. The first kappa shape index (κ1) is 16.7. The summed E-state index contributed by atoms with van der Waals surface area (Å²) in [4.78, 5) is 1.42. The molecule has 5 heteroatoms. The van der Waals surface area contributed by atoms with Gasteiger partial charge >= 0.3 is 0 Å². The monoisotopic (exact) mass is 349 g/mol. The number of aryl methyl sites for hydroxylation is 2. The highest BCUT2D eigenvalue weighted by atomic mass is 32.2. The van der Waals surface area contributed by atoms with Gasteiger partial charge in [0.25, 0.3) is 0 Å². The summed E-state index contributed by atoms with van der Waals surface area (Å²) in [6, 6.07) is 9.27. The molecule has 0 saturated carbocycles. The molecule has 1 aliphatic rings. The van der Waals surface area contributed by atoms with E-state index in [0.717, 1.165) is 24.1 Å². The standard InChI is InChI=1S/C18H23NO2S2/c1-18(2,3)17(16-8-5-11-22-16)19-23(20,21)15-10-9-13-6-4-7-14(13)12-15/h5,8-12,17,19H,4,6-7H2,1-3H3/t17-/m0/s1. The number of sulfonamides is 1. The van der Waals surface area contributed by atoms with E-state index in [9.17, 15) is 8.42 Å². The second-order valence-electron chi connectivity index (χ2n) is 7.22. The Hall–Kier alpha value is -1.17. The Morgan fingerprint density at radius 2 is 1.87 bits per heavy atom. The van der Waals surface area contributed by atoms with Crippen LogP contribution in [0.2, 0.25) is 0 Å². The predicted molar refractivity (Wildman–Crippen MR) is 95.3 cm³/mol. The summed E-state index contributed by atoms with van der Waals surface area (Å²) in [6.07, 6.45) is 3.15. The van der Waals surface area contributed by atoms with Gasteiger partial charge in [-0.3, -0.25) is 0 Å². The van der Waals surface area contributed by atoms with Crippen molar-refractivity contribution in [3.05, 3.63) is 51.7 Å². The lowest BCUT2D eigenvalue weighted by molar-refractivity contribution is 0.308. The maximum absolute atomic E-state index is 12.9. The van der Waals surface area contributed by atoms with Crippen molar-refractivity contribution in [2.24, 2.45) is 5.41 Å². The summed E-state index contributed by atoms with van der Waals surface area (Å²) in [5, 5.41) is 1.98. The minimum Gasteiger partial charge on any atom is -0.207 e. The van der Waals surface area contributed by atoms with Gasteiger partial charge in [-0.2, -0.15) is 0 Å². The molecule has 23 heavy (non-hydrogen) atoms. The van der Waals surface area contributed by atoms with E-state index < -0.39 is 10.0 Å². The van der Waals surface area contributed by atoms with Crippen LogP contribution >= 0.6 is 11.3 Å². The molecule has 0 aliphatic heterocycles. The fraction of sp³-hybridized carbons (Fsp3) is 0.444. The number of hydrogen-bond donors (Lipinski definition) is 1. The Balaban J connectivity index is 1.93. The van der Waals surface area contributed by atoms with E-state index in [1.54, 1.807) is 17.4 Å². The Labute approximate surface area is 142 Å². The maximum Gasteiger partial charge on any atom is 0.241 e. The van der Waals surface area contributed by atoms with Gasteiger partial charge in [0.15, 0.2) is 0 Å².